The van der Waals surface area contributed by atoms with E-state index in [4.69, 9.17) is 0 Å². The number of sulfonamides is 1. The molecule has 124 valence electrons. The molecule has 0 N–H and O–H groups in total. The highest BCUT2D eigenvalue weighted by Crippen LogP contribution is 2.24. The topological polar surface area (TPSA) is 59.4 Å². The van der Waals surface area contributed by atoms with E-state index in [0.29, 0.717) is 6.54 Å². The van der Waals surface area contributed by atoms with Gasteiger partial charge >= 0.3 is 4.87 Å². The van der Waals surface area contributed by atoms with Crippen LogP contribution in [0.5, 0.6) is 0 Å². The van der Waals surface area contributed by atoms with E-state index >= 15 is 0 Å². The second kappa shape index (κ2) is 6.22. The molecule has 1 aliphatic rings. The summed E-state index contributed by atoms with van der Waals surface area (Å²) in [6.07, 6.45) is 4.17. The molecule has 0 amide bonds. The van der Waals surface area contributed by atoms with Gasteiger partial charge in [-0.05, 0) is 43.4 Å². The molecule has 0 radical (unpaired) electrons. The van der Waals surface area contributed by atoms with E-state index in [0.717, 1.165) is 36.9 Å². The van der Waals surface area contributed by atoms with Gasteiger partial charge < -0.3 is 0 Å². The number of benzene rings is 1. The third kappa shape index (κ3) is 3.13. The summed E-state index contributed by atoms with van der Waals surface area (Å²) in [6, 6.07) is 6.85. The second-order valence-corrected chi connectivity index (χ2v) is 9.16. The van der Waals surface area contributed by atoms with Crippen LogP contribution in [0.15, 0.2) is 34.0 Å². The lowest BCUT2D eigenvalue weighted by molar-refractivity contribution is 0.520. The van der Waals surface area contributed by atoms with Crippen molar-refractivity contribution < 1.29 is 8.42 Å². The predicted molar refractivity (Wildman–Crippen MR) is 91.6 cm³/mol. The fourth-order valence-electron chi connectivity index (χ4n) is 2.89. The molecule has 0 bridgehead atoms. The molecule has 2 aromatic rings. The lowest BCUT2D eigenvalue weighted by Gasteiger charge is -2.15. The van der Waals surface area contributed by atoms with Gasteiger partial charge in [0, 0.05) is 24.7 Å². The van der Waals surface area contributed by atoms with Gasteiger partial charge in [-0.1, -0.05) is 23.5 Å². The first-order chi connectivity index (χ1) is 10.9. The quantitative estimate of drug-likeness (QED) is 0.846. The first-order valence-electron chi connectivity index (χ1n) is 7.62. The number of hydrogen-bond donors (Lipinski definition) is 0. The lowest BCUT2D eigenvalue weighted by Crippen LogP contribution is -2.22. The molecule has 0 aliphatic heterocycles. The largest absolute Gasteiger partial charge is 0.307 e. The summed E-state index contributed by atoms with van der Waals surface area (Å²) in [5.74, 6) is 0. The van der Waals surface area contributed by atoms with E-state index < -0.39 is 10.0 Å². The summed E-state index contributed by atoms with van der Waals surface area (Å²) in [6.45, 7) is 0.432. The molecular formula is C16H20N2O3S2. The fourth-order valence-corrected chi connectivity index (χ4v) is 4.93. The second-order valence-electron chi connectivity index (χ2n) is 5.97. The molecule has 1 aliphatic carbocycles. The van der Waals surface area contributed by atoms with Gasteiger partial charge in [-0.3, -0.25) is 9.36 Å². The number of aromatic nitrogens is 1. The van der Waals surface area contributed by atoms with Crippen LogP contribution >= 0.6 is 11.3 Å². The van der Waals surface area contributed by atoms with Crippen molar-refractivity contribution in [1.82, 2.24) is 8.87 Å². The summed E-state index contributed by atoms with van der Waals surface area (Å²) in [7, 11) is -0.426. The Bertz CT molecular complexity index is 879. The van der Waals surface area contributed by atoms with E-state index in [1.165, 1.54) is 34.6 Å². The third-order valence-electron chi connectivity index (χ3n) is 4.16. The van der Waals surface area contributed by atoms with Crippen LogP contribution in [-0.2, 0) is 29.4 Å². The number of fused-ring (bicyclic) bond motifs is 1. The fraction of sp³-hybridized carbons (Fsp3) is 0.438. The van der Waals surface area contributed by atoms with E-state index in [1.807, 2.05) is 6.07 Å². The summed E-state index contributed by atoms with van der Waals surface area (Å²) in [5, 5.41) is 0. The van der Waals surface area contributed by atoms with Gasteiger partial charge in [-0.25, -0.2) is 12.7 Å². The lowest BCUT2D eigenvalue weighted by atomic mass is 10.0. The monoisotopic (exact) mass is 352 g/mol. The van der Waals surface area contributed by atoms with E-state index in [1.54, 1.807) is 22.8 Å². The minimum atomic E-state index is -3.46. The molecule has 7 heteroatoms. The van der Waals surface area contributed by atoms with E-state index in [9.17, 15) is 13.2 Å². The van der Waals surface area contributed by atoms with Crippen molar-refractivity contribution in [3.8, 4) is 0 Å². The number of hydrogen-bond acceptors (Lipinski definition) is 4. The van der Waals surface area contributed by atoms with Crippen LogP contribution in [0.25, 0.3) is 0 Å². The average Bonchev–Trinajstić information content (AvgIpc) is 2.83. The Labute approximate surface area is 140 Å². The van der Waals surface area contributed by atoms with Crippen LogP contribution < -0.4 is 4.87 Å². The molecule has 0 saturated carbocycles. The molecule has 0 saturated heterocycles. The Hall–Kier alpha value is -1.44. The highest BCUT2D eigenvalue weighted by atomic mass is 32.2. The van der Waals surface area contributed by atoms with Gasteiger partial charge in [0.1, 0.15) is 0 Å². The number of rotatable bonds is 4. The summed E-state index contributed by atoms with van der Waals surface area (Å²) in [4.78, 5) is 13.8. The van der Waals surface area contributed by atoms with Crippen LogP contribution in [-0.4, -0.2) is 31.4 Å². The minimum absolute atomic E-state index is 0.0535. The van der Waals surface area contributed by atoms with Crippen LogP contribution in [0.3, 0.4) is 0 Å². The molecule has 23 heavy (non-hydrogen) atoms. The molecule has 0 unspecified atom stereocenters. The first kappa shape index (κ1) is 16.4. The molecule has 3 rings (SSSR count). The Balaban J connectivity index is 1.96. The standard InChI is InChI=1S/C16H20N2O3S2/c1-17(2)23(20,21)13-7-5-6-12(10-13)11-18-14-8-3-4-9-15(14)22-16(18)19/h5-7,10H,3-4,8-9,11H2,1-2H3. The van der Waals surface area contributed by atoms with Crippen molar-refractivity contribution in [3.05, 3.63) is 50.1 Å². The zero-order valence-corrected chi connectivity index (χ0v) is 14.9. The molecule has 0 fully saturated rings. The van der Waals surface area contributed by atoms with Gasteiger partial charge in [-0.15, -0.1) is 0 Å². The molecule has 0 atom stereocenters. The highest BCUT2D eigenvalue weighted by molar-refractivity contribution is 7.89. The molecular weight excluding hydrogens is 332 g/mol. The smallest absolute Gasteiger partial charge is 0.298 e. The predicted octanol–water partition coefficient (Wildman–Crippen LogP) is 2.09. The molecule has 1 aromatic heterocycles. The van der Waals surface area contributed by atoms with E-state index in [-0.39, 0.29) is 9.77 Å². The zero-order chi connectivity index (χ0) is 16.6. The number of aryl methyl sites for hydroxylation is 1. The van der Waals surface area contributed by atoms with Crippen molar-refractivity contribution in [2.75, 3.05) is 14.1 Å². The maximum atomic E-state index is 12.3. The highest BCUT2D eigenvalue weighted by Gasteiger charge is 2.20. The van der Waals surface area contributed by atoms with Crippen molar-refractivity contribution in [2.45, 2.75) is 37.1 Å². The van der Waals surface area contributed by atoms with Gasteiger partial charge in [0.15, 0.2) is 0 Å². The van der Waals surface area contributed by atoms with Gasteiger partial charge in [0.25, 0.3) is 0 Å². The van der Waals surface area contributed by atoms with Gasteiger partial charge in [0.2, 0.25) is 10.0 Å². The number of nitrogens with zero attached hydrogens (tertiary/aromatic N) is 2. The summed E-state index contributed by atoms with van der Waals surface area (Å²) in [5.41, 5.74) is 1.97. The summed E-state index contributed by atoms with van der Waals surface area (Å²) < 4.78 is 27.5. The molecule has 1 heterocycles. The van der Waals surface area contributed by atoms with Crippen molar-refractivity contribution in [2.24, 2.45) is 0 Å². The maximum Gasteiger partial charge on any atom is 0.307 e. The SMILES string of the molecule is CN(C)S(=O)(=O)c1cccc(Cn2c3c(sc2=O)CCCC3)c1. The zero-order valence-electron chi connectivity index (χ0n) is 13.3. The summed E-state index contributed by atoms with van der Waals surface area (Å²) >= 11 is 1.33. The Morgan fingerprint density at radius 2 is 1.96 bits per heavy atom. The normalized spacial score (nSPS) is 14.9. The Morgan fingerprint density at radius 3 is 2.70 bits per heavy atom. The first-order valence-corrected chi connectivity index (χ1v) is 9.88. The van der Waals surface area contributed by atoms with Crippen molar-refractivity contribution in [3.63, 3.8) is 0 Å². The molecule has 0 spiro atoms. The van der Waals surface area contributed by atoms with Crippen molar-refractivity contribution in [1.29, 1.82) is 0 Å². The van der Waals surface area contributed by atoms with Crippen molar-refractivity contribution >= 4 is 21.4 Å². The Kier molecular flexibility index (Phi) is 4.44. The van der Waals surface area contributed by atoms with E-state index in [2.05, 4.69) is 0 Å². The molecule has 1 aromatic carbocycles. The third-order valence-corrected chi connectivity index (χ3v) is 7.06. The molecule has 5 nitrogen and oxygen atoms in total. The van der Waals surface area contributed by atoms with Crippen LogP contribution in [0, 0.1) is 0 Å². The Morgan fingerprint density at radius 1 is 1.22 bits per heavy atom. The van der Waals surface area contributed by atoms with Gasteiger partial charge in [0.05, 0.1) is 11.4 Å². The van der Waals surface area contributed by atoms with Crippen LogP contribution in [0.1, 0.15) is 29.0 Å². The average molecular weight is 352 g/mol. The van der Waals surface area contributed by atoms with Crippen LogP contribution in [0.2, 0.25) is 0 Å². The number of thiazole rings is 1. The van der Waals surface area contributed by atoms with Gasteiger partial charge in [-0.2, -0.15) is 0 Å². The minimum Gasteiger partial charge on any atom is -0.298 e. The van der Waals surface area contributed by atoms with Crippen LogP contribution in [0.4, 0.5) is 0 Å². The maximum absolute atomic E-state index is 12.3.